The van der Waals surface area contributed by atoms with Gasteiger partial charge in [0, 0.05) is 0 Å². The highest BCUT2D eigenvalue weighted by Crippen LogP contribution is 2.27. The number of aromatic nitrogens is 2. The molecule has 0 atom stereocenters. The van der Waals surface area contributed by atoms with Gasteiger partial charge in [0.1, 0.15) is 5.69 Å². The molecule has 0 aliphatic heterocycles. The summed E-state index contributed by atoms with van der Waals surface area (Å²) >= 11 is 0. The van der Waals surface area contributed by atoms with Crippen LogP contribution in [0.2, 0.25) is 0 Å². The summed E-state index contributed by atoms with van der Waals surface area (Å²) in [6.07, 6.45) is 0. The maximum absolute atomic E-state index is 5.80. The summed E-state index contributed by atoms with van der Waals surface area (Å²) in [5.41, 5.74) is 7.31. The summed E-state index contributed by atoms with van der Waals surface area (Å²) in [7, 11) is 1.57. The zero-order chi connectivity index (χ0) is 10.2. The molecular weight excluding hydrogens is 166 g/mol. The fourth-order valence-electron chi connectivity index (χ4n) is 1.29. The van der Waals surface area contributed by atoms with Crippen LogP contribution in [0.3, 0.4) is 0 Å². The number of hydrogen-bond donors (Lipinski definition) is 1. The minimum atomic E-state index is -0.0605. The van der Waals surface area contributed by atoms with Gasteiger partial charge in [0.05, 0.1) is 18.3 Å². The smallest absolute Gasteiger partial charge is 0.256 e. The van der Waals surface area contributed by atoms with Gasteiger partial charge in [-0.25, -0.2) is 0 Å². The highest BCUT2D eigenvalue weighted by Gasteiger charge is 2.21. The first-order valence-corrected chi connectivity index (χ1v) is 4.27. The Morgan fingerprint density at radius 2 is 1.92 bits per heavy atom. The van der Waals surface area contributed by atoms with Crippen LogP contribution in [0.25, 0.3) is 0 Å². The van der Waals surface area contributed by atoms with E-state index in [4.69, 9.17) is 10.5 Å². The Labute approximate surface area is 78.7 Å². The normalized spacial score (nSPS) is 11.8. The van der Waals surface area contributed by atoms with Crippen LogP contribution in [0.15, 0.2) is 0 Å². The minimum Gasteiger partial charge on any atom is -0.478 e. The van der Waals surface area contributed by atoms with E-state index in [1.807, 2.05) is 11.6 Å². The molecule has 0 aliphatic rings. The van der Waals surface area contributed by atoms with Crippen molar-refractivity contribution in [3.8, 4) is 5.88 Å². The highest BCUT2D eigenvalue weighted by atomic mass is 16.5. The largest absolute Gasteiger partial charge is 0.478 e. The number of rotatable bonds is 1. The molecule has 1 aromatic rings. The lowest BCUT2D eigenvalue weighted by molar-refractivity contribution is 0.325. The molecule has 0 bridgehead atoms. The maximum Gasteiger partial charge on any atom is 0.256 e. The molecule has 0 aromatic carbocycles. The second kappa shape index (κ2) is 2.94. The van der Waals surface area contributed by atoms with Crippen molar-refractivity contribution in [2.75, 3.05) is 12.8 Å². The molecule has 4 nitrogen and oxygen atoms in total. The number of ether oxygens (including phenoxy) is 1. The Morgan fingerprint density at radius 1 is 1.38 bits per heavy atom. The third-order valence-corrected chi connectivity index (χ3v) is 1.96. The zero-order valence-corrected chi connectivity index (χ0v) is 8.88. The number of hydrogen-bond acceptors (Lipinski definition) is 3. The second-order valence-electron chi connectivity index (χ2n) is 4.09. The number of methoxy groups -OCH3 is 1. The van der Waals surface area contributed by atoms with Crippen molar-refractivity contribution in [3.63, 3.8) is 0 Å². The fourth-order valence-corrected chi connectivity index (χ4v) is 1.29. The van der Waals surface area contributed by atoms with E-state index in [9.17, 15) is 0 Å². The SMILES string of the molecule is COc1nn(C(C)(C)C)c(C)c1N. The van der Waals surface area contributed by atoms with Gasteiger partial charge in [-0.2, -0.15) is 0 Å². The van der Waals surface area contributed by atoms with Gasteiger partial charge >= 0.3 is 0 Å². The monoisotopic (exact) mass is 183 g/mol. The van der Waals surface area contributed by atoms with Crippen molar-refractivity contribution in [2.24, 2.45) is 0 Å². The molecule has 0 aliphatic carbocycles. The van der Waals surface area contributed by atoms with Gasteiger partial charge in [-0.3, -0.25) is 4.68 Å². The minimum absolute atomic E-state index is 0.0605. The van der Waals surface area contributed by atoms with E-state index in [1.54, 1.807) is 7.11 Å². The highest BCUT2D eigenvalue weighted by molar-refractivity contribution is 5.52. The van der Waals surface area contributed by atoms with Gasteiger partial charge in [-0.1, -0.05) is 0 Å². The van der Waals surface area contributed by atoms with E-state index in [0.717, 1.165) is 5.69 Å². The van der Waals surface area contributed by atoms with Crippen molar-refractivity contribution >= 4 is 5.69 Å². The summed E-state index contributed by atoms with van der Waals surface area (Å²) in [5, 5.41) is 4.27. The molecule has 1 rings (SSSR count). The summed E-state index contributed by atoms with van der Waals surface area (Å²) in [4.78, 5) is 0. The van der Waals surface area contributed by atoms with Crippen molar-refractivity contribution in [1.82, 2.24) is 9.78 Å². The van der Waals surface area contributed by atoms with E-state index >= 15 is 0 Å². The molecule has 0 radical (unpaired) electrons. The van der Waals surface area contributed by atoms with Crippen molar-refractivity contribution < 1.29 is 4.74 Å². The van der Waals surface area contributed by atoms with E-state index in [2.05, 4.69) is 25.9 Å². The fraction of sp³-hybridized carbons (Fsp3) is 0.667. The average Bonchev–Trinajstić information content (AvgIpc) is 2.28. The standard InChI is InChI=1S/C9H17N3O/c1-6-7(10)8(13-5)11-12(6)9(2,3)4/h10H2,1-5H3. The molecule has 1 aromatic heterocycles. The molecule has 13 heavy (non-hydrogen) atoms. The number of anilines is 1. The molecule has 74 valence electrons. The van der Waals surface area contributed by atoms with Crippen LogP contribution in [0.1, 0.15) is 26.5 Å². The predicted octanol–water partition coefficient (Wildman–Crippen LogP) is 1.54. The van der Waals surface area contributed by atoms with Crippen LogP contribution in [-0.2, 0) is 5.54 Å². The molecule has 0 saturated carbocycles. The Bertz CT molecular complexity index is 309. The van der Waals surface area contributed by atoms with Crippen molar-refractivity contribution in [1.29, 1.82) is 0 Å². The van der Waals surface area contributed by atoms with Crippen LogP contribution in [0.4, 0.5) is 5.69 Å². The first kappa shape index (κ1) is 9.89. The van der Waals surface area contributed by atoms with E-state index < -0.39 is 0 Å². The summed E-state index contributed by atoms with van der Waals surface area (Å²) < 4.78 is 6.92. The Kier molecular flexibility index (Phi) is 2.24. The predicted molar refractivity (Wildman–Crippen MR) is 52.9 cm³/mol. The van der Waals surface area contributed by atoms with E-state index in [1.165, 1.54) is 0 Å². The molecular formula is C9H17N3O. The maximum atomic E-state index is 5.80. The van der Waals surface area contributed by atoms with Gasteiger partial charge in [-0.15, -0.1) is 5.10 Å². The van der Waals surface area contributed by atoms with Gasteiger partial charge in [0.25, 0.3) is 5.88 Å². The lowest BCUT2D eigenvalue weighted by Crippen LogP contribution is -2.24. The second-order valence-corrected chi connectivity index (χ2v) is 4.09. The van der Waals surface area contributed by atoms with Gasteiger partial charge in [0.15, 0.2) is 0 Å². The van der Waals surface area contributed by atoms with Gasteiger partial charge in [-0.05, 0) is 27.7 Å². The first-order valence-electron chi connectivity index (χ1n) is 4.27. The van der Waals surface area contributed by atoms with E-state index in [0.29, 0.717) is 11.6 Å². The van der Waals surface area contributed by atoms with Crippen molar-refractivity contribution in [2.45, 2.75) is 33.2 Å². The summed E-state index contributed by atoms with van der Waals surface area (Å²) in [6, 6.07) is 0. The first-order chi connectivity index (χ1) is 5.88. The van der Waals surface area contributed by atoms with Crippen LogP contribution in [-0.4, -0.2) is 16.9 Å². The number of nitrogen functional groups attached to an aromatic ring is 1. The molecule has 0 fully saturated rings. The molecule has 2 N–H and O–H groups in total. The van der Waals surface area contributed by atoms with Crippen LogP contribution < -0.4 is 10.5 Å². The molecule has 1 heterocycles. The van der Waals surface area contributed by atoms with Crippen LogP contribution in [0, 0.1) is 6.92 Å². The third kappa shape index (κ3) is 1.61. The molecule has 0 saturated heterocycles. The lowest BCUT2D eigenvalue weighted by atomic mass is 10.1. The average molecular weight is 183 g/mol. The summed E-state index contributed by atoms with van der Waals surface area (Å²) in [6.45, 7) is 8.17. The van der Waals surface area contributed by atoms with Crippen LogP contribution in [0.5, 0.6) is 5.88 Å². The number of nitrogens with two attached hydrogens (primary N) is 1. The molecule has 0 amide bonds. The van der Waals surface area contributed by atoms with Crippen LogP contribution >= 0.6 is 0 Å². The van der Waals surface area contributed by atoms with Gasteiger partial charge in [0.2, 0.25) is 0 Å². The molecule has 4 heteroatoms. The Hall–Kier alpha value is -1.19. The topological polar surface area (TPSA) is 53.1 Å². The number of nitrogens with zero attached hydrogens (tertiary/aromatic N) is 2. The van der Waals surface area contributed by atoms with E-state index in [-0.39, 0.29) is 5.54 Å². The van der Waals surface area contributed by atoms with Crippen molar-refractivity contribution in [3.05, 3.63) is 5.69 Å². The quantitative estimate of drug-likeness (QED) is 0.718. The van der Waals surface area contributed by atoms with Gasteiger partial charge < -0.3 is 10.5 Å². The molecule has 0 unspecified atom stereocenters. The molecule has 0 spiro atoms. The zero-order valence-electron chi connectivity index (χ0n) is 8.88. The lowest BCUT2D eigenvalue weighted by Gasteiger charge is -2.20. The summed E-state index contributed by atoms with van der Waals surface area (Å²) in [5.74, 6) is 0.507. The Morgan fingerprint density at radius 3 is 2.15 bits per heavy atom. The third-order valence-electron chi connectivity index (χ3n) is 1.96. The Balaban J connectivity index is 3.25.